The average Bonchev–Trinajstić information content (AvgIpc) is 3.73. The monoisotopic (exact) mass is 874 g/mol. The molecule has 1 saturated heterocycles. The Labute approximate surface area is 365 Å². The van der Waals surface area contributed by atoms with Gasteiger partial charge in [0.2, 0.25) is 11.8 Å². The van der Waals surface area contributed by atoms with Crippen LogP contribution in [0.25, 0.3) is 0 Å². The number of nitrogens with zero attached hydrogens (tertiary/aromatic N) is 3. The number of amides is 4. The van der Waals surface area contributed by atoms with Crippen LogP contribution in [0.2, 0.25) is 0 Å². The zero-order valence-electron chi connectivity index (χ0n) is 37.4. The van der Waals surface area contributed by atoms with Gasteiger partial charge in [-0.15, -0.1) is 11.3 Å². The smallest absolute Gasteiger partial charge is 0.421 e. The van der Waals surface area contributed by atoms with Crippen LogP contribution < -0.4 is 21.5 Å². The van der Waals surface area contributed by atoms with Gasteiger partial charge in [0.15, 0.2) is 6.73 Å². The summed E-state index contributed by atoms with van der Waals surface area (Å²) in [6.45, 7) is 14.6. The molecular weight excluding hydrogens is 803 g/mol. The summed E-state index contributed by atoms with van der Waals surface area (Å²) in [5, 5.41) is 29.5. The number of rotatable bonds is 25. The van der Waals surface area contributed by atoms with Crippen molar-refractivity contribution >= 4 is 41.1 Å². The van der Waals surface area contributed by atoms with Crippen LogP contribution in [0.4, 0.5) is 4.79 Å². The van der Waals surface area contributed by atoms with Crippen molar-refractivity contribution in [1.82, 2.24) is 36.3 Å². The molecule has 6 N–H and O–H groups in total. The molecule has 0 spiro atoms. The van der Waals surface area contributed by atoms with Crippen molar-refractivity contribution in [2.75, 3.05) is 33.5 Å². The highest BCUT2D eigenvalue weighted by molar-refractivity contribution is 7.09. The zero-order valence-corrected chi connectivity index (χ0v) is 38.2. The van der Waals surface area contributed by atoms with Gasteiger partial charge in [0.1, 0.15) is 28.6 Å². The van der Waals surface area contributed by atoms with Gasteiger partial charge in [-0.1, -0.05) is 73.4 Å². The number of piperidine rings is 1. The number of aliphatic hydroxyl groups excluding tert-OH is 1. The fraction of sp³-hybridized carbons (Fsp3) is 0.682. The first-order chi connectivity index (χ1) is 29.1. The van der Waals surface area contributed by atoms with Crippen molar-refractivity contribution in [3.05, 3.63) is 45.9 Å². The van der Waals surface area contributed by atoms with Gasteiger partial charge in [-0.05, 0) is 87.6 Å². The van der Waals surface area contributed by atoms with Gasteiger partial charge >= 0.3 is 12.1 Å². The lowest BCUT2D eigenvalue weighted by Gasteiger charge is -2.39. The molecule has 2 aromatic rings. The highest BCUT2D eigenvalue weighted by Crippen LogP contribution is 2.29. The molecule has 1 fully saturated rings. The van der Waals surface area contributed by atoms with E-state index in [-0.39, 0.29) is 71.8 Å². The third kappa shape index (κ3) is 16.8. The second kappa shape index (κ2) is 26.2. The molecule has 1 aromatic heterocycles. The average molecular weight is 874 g/mol. The Kier molecular flexibility index (Phi) is 21.9. The van der Waals surface area contributed by atoms with Gasteiger partial charge in [-0.25, -0.2) is 15.2 Å². The number of carbonyl (C=O) groups is 5. The summed E-state index contributed by atoms with van der Waals surface area (Å²) >= 11 is 1.13. The van der Waals surface area contributed by atoms with Crippen LogP contribution >= 0.6 is 11.3 Å². The molecule has 1 aliphatic heterocycles. The van der Waals surface area contributed by atoms with E-state index in [1.807, 2.05) is 60.4 Å². The number of phenols is 1. The summed E-state index contributed by atoms with van der Waals surface area (Å²) in [4.78, 5) is 74.5. The Morgan fingerprint density at radius 3 is 2.34 bits per heavy atom. The lowest BCUT2D eigenvalue weighted by atomic mass is 9.92. The number of thiazole rings is 1. The molecule has 1 aromatic carbocycles. The number of aliphatic hydroxyl groups is 1. The van der Waals surface area contributed by atoms with Crippen molar-refractivity contribution in [2.24, 2.45) is 17.8 Å². The van der Waals surface area contributed by atoms with Crippen LogP contribution in [0.1, 0.15) is 133 Å². The number of hydrazine groups is 1. The molecule has 1 unspecified atom stereocenters. The summed E-state index contributed by atoms with van der Waals surface area (Å²) in [6, 6.07) is 4.53. The Balaban J connectivity index is 1.81. The van der Waals surface area contributed by atoms with Crippen LogP contribution in [0.5, 0.6) is 5.75 Å². The zero-order chi connectivity index (χ0) is 45.1. The van der Waals surface area contributed by atoms with Gasteiger partial charge in [0.05, 0.1) is 12.6 Å². The van der Waals surface area contributed by atoms with E-state index < -0.39 is 42.1 Å². The lowest BCUT2D eigenvalue weighted by Crippen LogP contribution is -2.59. The molecule has 0 aliphatic carbocycles. The maximum Gasteiger partial charge on any atom is 0.421 e. The van der Waals surface area contributed by atoms with Gasteiger partial charge < -0.3 is 35.2 Å². The summed E-state index contributed by atoms with van der Waals surface area (Å²) in [7, 11) is 1.92. The number of esters is 1. The van der Waals surface area contributed by atoms with Crippen LogP contribution in [0.3, 0.4) is 0 Å². The van der Waals surface area contributed by atoms with E-state index in [4.69, 9.17) is 9.47 Å². The highest BCUT2D eigenvalue weighted by Gasteiger charge is 2.38. The Bertz CT molecular complexity index is 1680. The Morgan fingerprint density at radius 2 is 1.70 bits per heavy atom. The molecule has 3 rings (SSSR count). The summed E-state index contributed by atoms with van der Waals surface area (Å²) in [5.41, 5.74) is 6.43. The number of likely N-dealkylation sites (N-methyl/N-ethyl adjacent to an activating group) is 1. The first kappa shape index (κ1) is 51.0. The molecule has 0 radical (unpaired) electrons. The number of phenolic OH excluding ortho intramolecular Hbond substituents is 1. The SMILES string of the molecule is CCCOC(=O)NNC[C@@H](C)C[C@H](Cc1ccc(O)cc1)NC(=O)c1csc([C@H](O)C[C@H](C(C)C)N(COC(=O)CCC)C(=O)[C@@H](NC(=O)[C@H]2CCCCN2C)C(C)CC)n1. The van der Waals surface area contributed by atoms with E-state index in [1.54, 1.807) is 29.6 Å². The number of ether oxygens (including phenoxy) is 2. The van der Waals surface area contributed by atoms with Crippen molar-refractivity contribution < 1.29 is 43.7 Å². The summed E-state index contributed by atoms with van der Waals surface area (Å²) in [6.07, 6.45) is 3.97. The maximum atomic E-state index is 14.6. The third-order valence-electron chi connectivity index (χ3n) is 11.1. The Hall–Kier alpha value is -4.32. The number of hydrogen-bond donors (Lipinski definition) is 6. The minimum Gasteiger partial charge on any atom is -0.508 e. The predicted octanol–water partition coefficient (Wildman–Crippen LogP) is 5.45. The van der Waals surface area contributed by atoms with E-state index in [1.165, 1.54) is 4.90 Å². The first-order valence-electron chi connectivity index (χ1n) is 21.9. The maximum absolute atomic E-state index is 14.6. The predicted molar refractivity (Wildman–Crippen MR) is 234 cm³/mol. The van der Waals surface area contributed by atoms with Crippen molar-refractivity contribution in [3.63, 3.8) is 0 Å². The second-order valence-corrected chi connectivity index (χ2v) is 17.6. The van der Waals surface area contributed by atoms with Gasteiger partial charge in [0, 0.05) is 36.9 Å². The van der Waals surface area contributed by atoms with Crippen LogP contribution in [0, 0.1) is 17.8 Å². The van der Waals surface area contributed by atoms with E-state index in [0.29, 0.717) is 51.7 Å². The Morgan fingerprint density at radius 1 is 0.984 bits per heavy atom. The summed E-state index contributed by atoms with van der Waals surface area (Å²) < 4.78 is 10.7. The van der Waals surface area contributed by atoms with Gasteiger partial charge in [-0.2, -0.15) is 0 Å². The largest absolute Gasteiger partial charge is 0.508 e. The number of benzene rings is 1. The number of likely N-dealkylation sites (tertiary alicyclic amines) is 1. The third-order valence-corrected chi connectivity index (χ3v) is 12.1. The molecule has 0 bridgehead atoms. The van der Waals surface area contributed by atoms with Gasteiger partial charge in [0.25, 0.3) is 5.91 Å². The second-order valence-electron chi connectivity index (χ2n) is 16.7. The van der Waals surface area contributed by atoms with Crippen molar-refractivity contribution in [1.29, 1.82) is 0 Å². The van der Waals surface area contributed by atoms with Crippen LogP contribution in [-0.4, -0.2) is 112 Å². The number of aromatic hydroxyl groups is 1. The first-order valence-corrected chi connectivity index (χ1v) is 22.8. The normalized spacial score (nSPS) is 17.3. The van der Waals surface area contributed by atoms with Crippen LogP contribution in [-0.2, 0) is 30.3 Å². The molecule has 7 atom stereocenters. The fourth-order valence-electron chi connectivity index (χ4n) is 7.36. The fourth-order valence-corrected chi connectivity index (χ4v) is 8.15. The topological polar surface area (TPSA) is 212 Å². The molecule has 2 heterocycles. The number of aromatic nitrogens is 1. The quantitative estimate of drug-likeness (QED) is 0.0418. The lowest BCUT2D eigenvalue weighted by molar-refractivity contribution is -0.159. The molecule has 17 heteroatoms. The standard InChI is InChI=1S/C44H71N7O9S/c1-9-14-38(54)60-27-51(43(57)39(30(7)11-3)48-41(56)35-15-12-13-20-50(35)8)36(28(4)5)24-37(53)42-47-34(26-61-42)40(55)46-32(23-31-16-18-33(52)19-17-31)22-29(6)25-45-49-44(58)59-21-10-2/h16-19,26,28-30,32,35-37,39,45,52-53H,9-15,20-25,27H2,1-8H3,(H,46,55)(H,48,56)(H,49,58)/t29-,30?,32+,35+,36+,37+,39-/m0/s1. The minimum absolute atomic E-state index is 0.00315. The molecule has 16 nitrogen and oxygen atoms in total. The molecule has 4 amide bonds. The van der Waals surface area contributed by atoms with Gasteiger partial charge in [-0.3, -0.25) is 29.5 Å². The highest BCUT2D eigenvalue weighted by atomic mass is 32.1. The molecule has 61 heavy (non-hydrogen) atoms. The van der Waals surface area contributed by atoms with E-state index in [9.17, 15) is 34.2 Å². The van der Waals surface area contributed by atoms with E-state index in [2.05, 4.69) is 26.5 Å². The van der Waals surface area contributed by atoms with Crippen molar-refractivity contribution in [2.45, 2.75) is 143 Å². The number of carbonyl (C=O) groups excluding carboxylic acids is 5. The molecular formula is C44H71N7O9S. The van der Waals surface area contributed by atoms with Crippen molar-refractivity contribution in [3.8, 4) is 5.75 Å². The molecule has 342 valence electrons. The van der Waals surface area contributed by atoms with E-state index in [0.717, 1.165) is 36.3 Å². The molecule has 1 aliphatic rings. The number of nitrogens with one attached hydrogen (secondary N) is 4. The molecule has 0 saturated carbocycles. The minimum atomic E-state index is -1.18. The summed E-state index contributed by atoms with van der Waals surface area (Å²) in [5.74, 6) is -1.81. The van der Waals surface area contributed by atoms with Crippen LogP contribution in [0.15, 0.2) is 29.6 Å². The number of hydrogen-bond acceptors (Lipinski definition) is 13. The van der Waals surface area contributed by atoms with E-state index >= 15 is 0 Å².